The van der Waals surface area contributed by atoms with Gasteiger partial charge < -0.3 is 15.0 Å². The molecule has 0 radical (unpaired) electrons. The Morgan fingerprint density at radius 3 is 2.84 bits per heavy atom. The minimum absolute atomic E-state index is 0.0205. The number of halogens is 2. The fraction of sp³-hybridized carbons (Fsp3) is 0.222. The van der Waals surface area contributed by atoms with E-state index in [1.807, 2.05) is 6.07 Å². The molecule has 2 N–H and O–H groups in total. The predicted molar refractivity (Wildman–Crippen MR) is 93.9 cm³/mol. The number of amides is 1. The van der Waals surface area contributed by atoms with Crippen molar-refractivity contribution in [2.75, 3.05) is 0 Å². The Hall–Kier alpha value is -2.44. The molecule has 1 atom stereocenters. The molecule has 0 aliphatic carbocycles. The summed E-state index contributed by atoms with van der Waals surface area (Å²) < 4.78 is 15.5. The molecule has 2 aromatic heterocycles. The summed E-state index contributed by atoms with van der Waals surface area (Å²) in [5.74, 6) is -0.880. The Morgan fingerprint density at radius 1 is 1.40 bits per heavy atom. The number of carbonyl (C=O) groups is 1. The number of hydrogen-bond donors (Lipinski definition) is 2. The lowest BCUT2D eigenvalue weighted by Gasteiger charge is -2.15. The van der Waals surface area contributed by atoms with Crippen molar-refractivity contribution >= 4 is 28.4 Å². The topological polar surface area (TPSA) is 67.2 Å². The maximum absolute atomic E-state index is 13.8. The average Bonchev–Trinajstić information content (AvgIpc) is 2.91. The monoisotopic (exact) mass is 361 g/mol. The van der Waals surface area contributed by atoms with Gasteiger partial charge in [0.2, 0.25) is 0 Å². The van der Waals surface area contributed by atoms with Crippen LogP contribution in [0.4, 0.5) is 4.39 Å². The molecule has 1 aromatic carbocycles. The molecule has 0 fully saturated rings. The van der Waals surface area contributed by atoms with Crippen molar-refractivity contribution < 1.29 is 14.3 Å². The molecule has 0 aliphatic rings. The summed E-state index contributed by atoms with van der Waals surface area (Å²) in [7, 11) is 1.79. The van der Waals surface area contributed by atoms with Crippen molar-refractivity contribution in [3.05, 3.63) is 64.3 Å². The number of benzene rings is 1. The third-order valence-corrected chi connectivity index (χ3v) is 4.41. The van der Waals surface area contributed by atoms with Crippen molar-refractivity contribution in [3.8, 4) is 0 Å². The highest BCUT2D eigenvalue weighted by molar-refractivity contribution is 6.31. The van der Waals surface area contributed by atoms with Crippen LogP contribution >= 0.6 is 11.6 Å². The molecule has 0 bridgehead atoms. The van der Waals surface area contributed by atoms with Crippen molar-refractivity contribution in [2.45, 2.75) is 19.6 Å². The van der Waals surface area contributed by atoms with Crippen LogP contribution in [0, 0.1) is 5.82 Å². The molecule has 130 valence electrons. The molecule has 5 nitrogen and oxygen atoms in total. The van der Waals surface area contributed by atoms with Gasteiger partial charge in [0.1, 0.15) is 17.2 Å². The molecule has 0 spiro atoms. The molecular weight excluding hydrogens is 345 g/mol. The smallest absolute Gasteiger partial charge is 0.268 e. The number of carbonyl (C=O) groups excluding carboxylic acids is 1. The zero-order valence-electron chi connectivity index (χ0n) is 13.8. The van der Waals surface area contributed by atoms with E-state index in [9.17, 15) is 9.18 Å². The first kappa shape index (κ1) is 17.4. The van der Waals surface area contributed by atoms with E-state index in [4.69, 9.17) is 16.7 Å². The van der Waals surface area contributed by atoms with Crippen LogP contribution in [-0.4, -0.2) is 20.6 Å². The van der Waals surface area contributed by atoms with Gasteiger partial charge in [0, 0.05) is 29.2 Å². The number of aliphatic hydroxyl groups excluding tert-OH is 1. The van der Waals surface area contributed by atoms with Gasteiger partial charge >= 0.3 is 0 Å². The van der Waals surface area contributed by atoms with E-state index >= 15 is 0 Å². The predicted octanol–water partition coefficient (Wildman–Crippen LogP) is 3.35. The normalized spacial score (nSPS) is 12.4. The molecule has 0 saturated carbocycles. The number of nitrogens with one attached hydrogen (secondary N) is 1. The van der Waals surface area contributed by atoms with Gasteiger partial charge in [-0.15, -0.1) is 0 Å². The van der Waals surface area contributed by atoms with Crippen LogP contribution in [0.1, 0.15) is 34.7 Å². The van der Waals surface area contributed by atoms with Gasteiger partial charge in [0.15, 0.2) is 0 Å². The summed E-state index contributed by atoms with van der Waals surface area (Å²) in [5, 5.41) is 13.3. The van der Waals surface area contributed by atoms with Gasteiger partial charge in [0.05, 0.1) is 12.6 Å². The van der Waals surface area contributed by atoms with Crippen LogP contribution in [-0.2, 0) is 13.7 Å². The summed E-state index contributed by atoms with van der Waals surface area (Å²) in [6, 6.07) is 8.02. The first-order chi connectivity index (χ1) is 11.9. The molecule has 3 aromatic rings. The number of fused-ring (bicyclic) bond motifs is 1. The zero-order valence-corrected chi connectivity index (χ0v) is 14.5. The maximum Gasteiger partial charge on any atom is 0.268 e. The summed E-state index contributed by atoms with van der Waals surface area (Å²) >= 11 is 6.01. The van der Waals surface area contributed by atoms with Crippen LogP contribution in [0.25, 0.3) is 10.9 Å². The average molecular weight is 362 g/mol. The van der Waals surface area contributed by atoms with Gasteiger partial charge in [-0.1, -0.05) is 17.7 Å². The third kappa shape index (κ3) is 3.36. The van der Waals surface area contributed by atoms with E-state index in [0.717, 1.165) is 10.9 Å². The second-order valence-electron chi connectivity index (χ2n) is 5.84. The molecule has 3 rings (SSSR count). The number of nitrogens with zero attached hydrogens (tertiary/aromatic N) is 2. The molecule has 25 heavy (non-hydrogen) atoms. The van der Waals surface area contributed by atoms with Crippen LogP contribution < -0.4 is 5.32 Å². The van der Waals surface area contributed by atoms with Gasteiger partial charge in [-0.25, -0.2) is 4.39 Å². The standard InChI is InChI=1S/C18H17ClFN3O2/c1-10(12-5-14(20)15(9-24)21-8-12)22-18(25)17-6-11-3-4-13(19)7-16(11)23(17)2/h3-8,10,24H,9H2,1-2H3,(H,22,25). The van der Waals surface area contributed by atoms with E-state index in [1.54, 1.807) is 36.7 Å². The molecule has 0 aliphatic heterocycles. The minimum Gasteiger partial charge on any atom is -0.390 e. The van der Waals surface area contributed by atoms with Crippen LogP contribution in [0.5, 0.6) is 0 Å². The Morgan fingerprint density at radius 2 is 2.16 bits per heavy atom. The second-order valence-corrected chi connectivity index (χ2v) is 6.28. The molecule has 2 heterocycles. The summed E-state index contributed by atoms with van der Waals surface area (Å²) in [5.41, 5.74) is 1.83. The van der Waals surface area contributed by atoms with Gasteiger partial charge in [0.25, 0.3) is 5.91 Å². The van der Waals surface area contributed by atoms with E-state index in [1.165, 1.54) is 12.3 Å². The Balaban J connectivity index is 1.84. The number of aromatic nitrogens is 2. The lowest BCUT2D eigenvalue weighted by Crippen LogP contribution is -2.28. The number of hydrogen-bond acceptors (Lipinski definition) is 3. The Labute approximate surface area is 149 Å². The number of aliphatic hydroxyl groups is 1. The largest absolute Gasteiger partial charge is 0.390 e. The zero-order chi connectivity index (χ0) is 18.1. The lowest BCUT2D eigenvalue weighted by atomic mass is 10.1. The van der Waals surface area contributed by atoms with Crippen molar-refractivity contribution in [1.29, 1.82) is 0 Å². The van der Waals surface area contributed by atoms with Crippen LogP contribution in [0.15, 0.2) is 36.5 Å². The quantitative estimate of drug-likeness (QED) is 0.748. The fourth-order valence-corrected chi connectivity index (χ4v) is 2.88. The van der Waals surface area contributed by atoms with Crippen molar-refractivity contribution in [1.82, 2.24) is 14.9 Å². The molecular formula is C18H17ClFN3O2. The number of pyridine rings is 1. The van der Waals surface area contributed by atoms with E-state index in [-0.39, 0.29) is 11.6 Å². The Kier molecular flexibility index (Phi) is 4.74. The van der Waals surface area contributed by atoms with E-state index < -0.39 is 18.5 Å². The maximum atomic E-state index is 13.8. The summed E-state index contributed by atoms with van der Waals surface area (Å²) in [6.07, 6.45) is 1.45. The SMILES string of the molecule is CC(NC(=O)c1cc2ccc(Cl)cc2n1C)c1cnc(CO)c(F)c1. The molecule has 7 heteroatoms. The minimum atomic E-state index is -0.597. The van der Waals surface area contributed by atoms with Gasteiger partial charge in [-0.3, -0.25) is 9.78 Å². The van der Waals surface area contributed by atoms with E-state index in [0.29, 0.717) is 16.3 Å². The fourth-order valence-electron chi connectivity index (χ4n) is 2.71. The molecule has 1 amide bonds. The van der Waals surface area contributed by atoms with Crippen molar-refractivity contribution in [2.24, 2.45) is 7.05 Å². The lowest BCUT2D eigenvalue weighted by molar-refractivity contribution is 0.0932. The van der Waals surface area contributed by atoms with E-state index in [2.05, 4.69) is 10.3 Å². The number of rotatable bonds is 4. The van der Waals surface area contributed by atoms with Gasteiger partial charge in [-0.05, 0) is 36.8 Å². The van der Waals surface area contributed by atoms with Gasteiger partial charge in [-0.2, -0.15) is 0 Å². The van der Waals surface area contributed by atoms with Crippen LogP contribution in [0.2, 0.25) is 5.02 Å². The third-order valence-electron chi connectivity index (χ3n) is 4.18. The first-order valence-electron chi connectivity index (χ1n) is 7.71. The number of aryl methyl sites for hydroxylation is 1. The first-order valence-corrected chi connectivity index (χ1v) is 8.09. The summed E-state index contributed by atoms with van der Waals surface area (Å²) in [6.45, 7) is 1.28. The highest BCUT2D eigenvalue weighted by Crippen LogP contribution is 2.23. The second kappa shape index (κ2) is 6.82. The van der Waals surface area contributed by atoms with Crippen molar-refractivity contribution in [3.63, 3.8) is 0 Å². The highest BCUT2D eigenvalue weighted by Gasteiger charge is 2.17. The molecule has 1 unspecified atom stereocenters. The highest BCUT2D eigenvalue weighted by atomic mass is 35.5. The summed E-state index contributed by atoms with van der Waals surface area (Å²) in [4.78, 5) is 16.5. The molecule has 0 saturated heterocycles. The van der Waals surface area contributed by atoms with Crippen LogP contribution in [0.3, 0.4) is 0 Å². The Bertz CT molecular complexity index is 955.